The van der Waals surface area contributed by atoms with Gasteiger partial charge >= 0.3 is 12.1 Å². The van der Waals surface area contributed by atoms with Crippen molar-refractivity contribution in [2.45, 2.75) is 55.8 Å². The molecule has 0 spiro atoms. The number of carboxylic acids is 1. The first-order chi connectivity index (χ1) is 16.8. The van der Waals surface area contributed by atoms with Gasteiger partial charge in [0.2, 0.25) is 10.0 Å². The molecule has 2 saturated heterocycles. The number of hydrogen-bond donors (Lipinski definition) is 2. The molecular weight excluding hydrogens is 493 g/mol. The first-order valence-corrected chi connectivity index (χ1v) is 13.8. The van der Waals surface area contributed by atoms with Gasteiger partial charge in [0.05, 0.1) is 6.26 Å². The Balaban J connectivity index is 0.000000454. The maximum atomic E-state index is 12.1. The normalized spacial score (nSPS) is 22.5. The quantitative estimate of drug-likeness (QED) is 0.558. The molecule has 2 aromatic rings. The highest BCUT2D eigenvalue weighted by Crippen LogP contribution is 2.45. The van der Waals surface area contributed by atoms with Gasteiger partial charge in [-0.3, -0.25) is 0 Å². The molecule has 0 saturated carbocycles. The Bertz CT molecular complexity index is 1060. The molecule has 0 aromatic heterocycles. The number of nitrogens with one attached hydrogen (secondary N) is 1. The van der Waals surface area contributed by atoms with Gasteiger partial charge in [-0.25, -0.2) is 17.9 Å². The highest BCUT2D eigenvalue weighted by atomic mass is 32.2. The molecule has 2 aliphatic rings. The average molecular weight is 527 g/mol. The summed E-state index contributed by atoms with van der Waals surface area (Å²) >= 11 is 0. The van der Waals surface area contributed by atoms with Crippen molar-refractivity contribution >= 4 is 16.0 Å². The number of nitrogens with zero attached hydrogens (tertiary/aromatic N) is 1. The van der Waals surface area contributed by atoms with Gasteiger partial charge in [0.1, 0.15) is 0 Å². The summed E-state index contributed by atoms with van der Waals surface area (Å²) in [5.74, 6) is -2.17. The van der Waals surface area contributed by atoms with Crippen LogP contribution in [0.4, 0.5) is 13.2 Å². The molecule has 2 fully saturated rings. The van der Waals surface area contributed by atoms with Gasteiger partial charge in [-0.15, -0.1) is 0 Å². The predicted molar refractivity (Wildman–Crippen MR) is 132 cm³/mol. The van der Waals surface area contributed by atoms with E-state index in [1.165, 1.54) is 43.1 Å². The van der Waals surface area contributed by atoms with Crippen molar-refractivity contribution in [2.24, 2.45) is 5.92 Å². The number of benzene rings is 2. The maximum Gasteiger partial charge on any atom is 0.490 e. The zero-order valence-corrected chi connectivity index (χ0v) is 21.2. The fraction of sp³-hybridized carbons (Fsp3) is 0.500. The van der Waals surface area contributed by atoms with Crippen LogP contribution in [0.5, 0.6) is 0 Å². The van der Waals surface area contributed by atoms with E-state index in [4.69, 9.17) is 9.90 Å². The Morgan fingerprint density at radius 2 is 1.39 bits per heavy atom. The fourth-order valence-electron chi connectivity index (χ4n) is 5.63. The molecule has 6 nitrogen and oxygen atoms in total. The molecule has 3 atom stereocenters. The van der Waals surface area contributed by atoms with E-state index in [9.17, 15) is 21.6 Å². The van der Waals surface area contributed by atoms with Gasteiger partial charge in [-0.1, -0.05) is 60.7 Å². The Morgan fingerprint density at radius 1 is 0.972 bits per heavy atom. The van der Waals surface area contributed by atoms with Crippen molar-refractivity contribution < 1.29 is 31.5 Å². The third-order valence-corrected chi connectivity index (χ3v) is 8.03. The number of fused-ring (bicyclic) bond motifs is 2. The molecule has 2 bridgehead atoms. The van der Waals surface area contributed by atoms with Crippen LogP contribution in [-0.4, -0.2) is 62.5 Å². The van der Waals surface area contributed by atoms with Gasteiger partial charge in [0.25, 0.3) is 0 Å². The third kappa shape index (κ3) is 7.08. The zero-order chi connectivity index (χ0) is 26.6. The van der Waals surface area contributed by atoms with E-state index in [0.29, 0.717) is 24.5 Å². The van der Waals surface area contributed by atoms with Crippen LogP contribution in [0.1, 0.15) is 43.2 Å². The van der Waals surface area contributed by atoms with Gasteiger partial charge in [-0.05, 0) is 56.2 Å². The van der Waals surface area contributed by atoms with E-state index >= 15 is 0 Å². The van der Waals surface area contributed by atoms with E-state index in [2.05, 4.69) is 65.2 Å². The van der Waals surface area contributed by atoms with Gasteiger partial charge in [-0.2, -0.15) is 13.2 Å². The number of rotatable bonds is 7. The van der Waals surface area contributed by atoms with Gasteiger partial charge < -0.3 is 10.0 Å². The number of hydrogen-bond acceptors (Lipinski definition) is 4. The zero-order valence-electron chi connectivity index (χ0n) is 20.4. The maximum absolute atomic E-state index is 12.1. The van der Waals surface area contributed by atoms with Crippen LogP contribution >= 0.6 is 0 Å². The molecule has 0 aliphatic carbocycles. The van der Waals surface area contributed by atoms with Crippen LogP contribution < -0.4 is 4.72 Å². The van der Waals surface area contributed by atoms with E-state index < -0.39 is 22.2 Å². The number of aliphatic carboxylic acids is 1. The standard InChI is InChI=1S/C24H32N2O2S.C2HF3O2/c1-26-22-13-14-23(26)16-19(15-22)17-24(18-25-29(2,27)28,20-9-5-3-6-10-20)21-11-7-4-8-12-21;3-2(4,5)1(6)7/h3-12,19,22-23,25H,13-18H2,1-2H3;(H,6,7)/t19?,22-,23+;. The highest BCUT2D eigenvalue weighted by molar-refractivity contribution is 7.88. The summed E-state index contributed by atoms with van der Waals surface area (Å²) in [7, 11) is -1.02. The minimum atomic E-state index is -5.08. The third-order valence-electron chi connectivity index (χ3n) is 7.36. The Labute approximate surface area is 210 Å². The monoisotopic (exact) mass is 526 g/mol. The lowest BCUT2D eigenvalue weighted by molar-refractivity contribution is -0.192. The topological polar surface area (TPSA) is 86.7 Å². The lowest BCUT2D eigenvalue weighted by Crippen LogP contribution is -2.46. The van der Waals surface area contributed by atoms with Crippen molar-refractivity contribution in [2.75, 3.05) is 19.8 Å². The molecule has 1 unspecified atom stereocenters. The minimum Gasteiger partial charge on any atom is -0.475 e. The number of carboxylic acid groups (broad SMARTS) is 1. The largest absolute Gasteiger partial charge is 0.490 e. The highest BCUT2D eigenvalue weighted by Gasteiger charge is 2.43. The first kappa shape index (κ1) is 28.1. The van der Waals surface area contributed by atoms with E-state index in [-0.39, 0.29) is 5.41 Å². The van der Waals surface area contributed by atoms with E-state index in [0.717, 1.165) is 6.42 Å². The number of sulfonamides is 1. The van der Waals surface area contributed by atoms with Gasteiger partial charge in [0, 0.05) is 24.0 Å². The number of carbonyl (C=O) groups is 1. The summed E-state index contributed by atoms with van der Waals surface area (Å²) in [6, 6.07) is 22.3. The average Bonchev–Trinajstić information content (AvgIpc) is 3.02. The van der Waals surface area contributed by atoms with E-state index in [1.54, 1.807) is 0 Å². The second-order valence-electron chi connectivity index (χ2n) is 9.80. The van der Waals surface area contributed by atoms with Crippen LogP contribution in [0.2, 0.25) is 0 Å². The Kier molecular flexibility index (Phi) is 8.84. The predicted octanol–water partition coefficient (Wildman–Crippen LogP) is 4.42. The van der Waals surface area contributed by atoms with E-state index in [1.807, 2.05) is 12.1 Å². The molecule has 10 heteroatoms. The molecule has 2 N–H and O–H groups in total. The number of halogens is 3. The molecule has 2 heterocycles. The number of alkyl halides is 3. The lowest BCUT2D eigenvalue weighted by Gasteiger charge is -2.43. The van der Waals surface area contributed by atoms with Crippen LogP contribution in [0.25, 0.3) is 0 Å². The molecule has 36 heavy (non-hydrogen) atoms. The number of piperidine rings is 1. The molecule has 198 valence electrons. The smallest absolute Gasteiger partial charge is 0.475 e. The molecule has 2 aliphatic heterocycles. The Morgan fingerprint density at radius 3 is 1.75 bits per heavy atom. The molecule has 0 radical (unpaired) electrons. The van der Waals surface area contributed by atoms with Crippen LogP contribution in [0, 0.1) is 5.92 Å². The molecule has 0 amide bonds. The van der Waals surface area contributed by atoms with Crippen molar-refractivity contribution in [1.29, 1.82) is 0 Å². The molecular formula is C26H33F3N2O4S. The van der Waals surface area contributed by atoms with Crippen LogP contribution in [0.3, 0.4) is 0 Å². The second-order valence-corrected chi connectivity index (χ2v) is 11.6. The minimum absolute atomic E-state index is 0.369. The second kappa shape index (κ2) is 11.3. The SMILES string of the molecule is CN1[C@@H]2CC[C@H]1CC(CC(CNS(C)(=O)=O)(c1ccccc1)c1ccccc1)C2.O=C(O)C(F)(F)F. The fourth-order valence-corrected chi connectivity index (χ4v) is 6.14. The summed E-state index contributed by atoms with van der Waals surface area (Å²) in [4.78, 5) is 11.5. The first-order valence-electron chi connectivity index (χ1n) is 11.9. The summed E-state index contributed by atoms with van der Waals surface area (Å²) in [5.41, 5.74) is 2.01. The van der Waals surface area contributed by atoms with Gasteiger partial charge in [0.15, 0.2) is 0 Å². The summed E-state index contributed by atoms with van der Waals surface area (Å²) in [6.45, 7) is 0.390. The summed E-state index contributed by atoms with van der Waals surface area (Å²) in [5, 5.41) is 7.12. The molecule has 2 aromatic carbocycles. The van der Waals surface area contributed by atoms with Crippen molar-refractivity contribution in [3.8, 4) is 0 Å². The van der Waals surface area contributed by atoms with Crippen LogP contribution in [0.15, 0.2) is 60.7 Å². The lowest BCUT2D eigenvalue weighted by atomic mass is 9.67. The molecule has 4 rings (SSSR count). The summed E-state index contributed by atoms with van der Waals surface area (Å²) in [6.07, 6.45) is 2.13. The van der Waals surface area contributed by atoms with Crippen molar-refractivity contribution in [1.82, 2.24) is 9.62 Å². The summed E-state index contributed by atoms with van der Waals surface area (Å²) < 4.78 is 58.7. The van der Waals surface area contributed by atoms with Crippen molar-refractivity contribution in [3.63, 3.8) is 0 Å². The Hall–Kier alpha value is -2.43. The van der Waals surface area contributed by atoms with Crippen LogP contribution in [-0.2, 0) is 20.2 Å². The van der Waals surface area contributed by atoms with Crippen molar-refractivity contribution in [3.05, 3.63) is 71.8 Å².